The van der Waals surface area contributed by atoms with Crippen LogP contribution in [0.2, 0.25) is 0 Å². The van der Waals surface area contributed by atoms with Gasteiger partial charge < -0.3 is 14.2 Å². The molecule has 0 aromatic carbocycles. The Morgan fingerprint density at radius 1 is 0.273 bits per heavy atom. The highest BCUT2D eigenvalue weighted by atomic mass is 16.6. The molecule has 0 aliphatic rings. The fourth-order valence-electron chi connectivity index (χ4n) is 8.92. The fraction of sp³-hybridized carbons (Fsp3) is 0.704. The van der Waals surface area contributed by atoms with Crippen LogP contribution >= 0.6 is 0 Å². The third-order valence-electron chi connectivity index (χ3n) is 13.8. The highest BCUT2D eigenvalue weighted by Gasteiger charge is 2.19. The number of hydrogen-bond acceptors (Lipinski definition) is 6. The molecule has 0 fully saturated rings. The van der Waals surface area contributed by atoms with Gasteiger partial charge in [0.1, 0.15) is 13.2 Å². The van der Waals surface area contributed by atoms with Crippen molar-refractivity contribution in [2.75, 3.05) is 13.2 Å². The lowest BCUT2D eigenvalue weighted by molar-refractivity contribution is -0.167. The van der Waals surface area contributed by atoms with E-state index < -0.39 is 6.10 Å². The van der Waals surface area contributed by atoms with E-state index in [1.165, 1.54) is 135 Å². The molecule has 1 atom stereocenters. The van der Waals surface area contributed by atoms with Crippen LogP contribution in [-0.4, -0.2) is 37.2 Å². The molecule has 0 saturated heterocycles. The highest BCUT2D eigenvalue weighted by Crippen LogP contribution is 2.16. The lowest BCUT2D eigenvalue weighted by atomic mass is 10.1. The Kier molecular flexibility index (Phi) is 61.3. The summed E-state index contributed by atoms with van der Waals surface area (Å²) in [5.74, 6) is -0.892. The van der Waals surface area contributed by atoms with Gasteiger partial charge in [-0.3, -0.25) is 14.4 Å². The number of hydrogen-bond donors (Lipinski definition) is 0. The van der Waals surface area contributed by atoms with Gasteiger partial charge in [0.15, 0.2) is 6.10 Å². The maximum absolute atomic E-state index is 12.9. The number of carbonyl (C=O) groups is 3. The Balaban J connectivity index is 4.23. The molecule has 1 unspecified atom stereocenters. The zero-order valence-electron chi connectivity index (χ0n) is 50.4. The second-order valence-corrected chi connectivity index (χ2v) is 21.3. The molecule has 0 amide bonds. The highest BCUT2D eigenvalue weighted by molar-refractivity contribution is 5.71. The van der Waals surface area contributed by atoms with E-state index in [1.807, 2.05) is 0 Å². The topological polar surface area (TPSA) is 78.9 Å². The van der Waals surface area contributed by atoms with Gasteiger partial charge in [0, 0.05) is 19.3 Å². The molecule has 0 N–H and O–H groups in total. The van der Waals surface area contributed by atoms with E-state index >= 15 is 0 Å². The summed E-state index contributed by atoms with van der Waals surface area (Å²) in [5, 5.41) is 0. The third-order valence-corrected chi connectivity index (χ3v) is 13.8. The van der Waals surface area contributed by atoms with Crippen LogP contribution in [0.15, 0.2) is 109 Å². The summed E-state index contributed by atoms with van der Waals surface area (Å²) >= 11 is 0. The van der Waals surface area contributed by atoms with Gasteiger partial charge in [-0.05, 0) is 109 Å². The van der Waals surface area contributed by atoms with E-state index in [0.717, 1.165) is 128 Å². The van der Waals surface area contributed by atoms with Gasteiger partial charge in [-0.15, -0.1) is 0 Å². The Hall–Kier alpha value is -3.93. The van der Waals surface area contributed by atoms with Crippen molar-refractivity contribution in [3.8, 4) is 0 Å². The van der Waals surface area contributed by atoms with Gasteiger partial charge in [0.05, 0.1) is 0 Å². The molecular formula is C71H120O6. The second kappa shape index (κ2) is 64.6. The van der Waals surface area contributed by atoms with Gasteiger partial charge in [-0.25, -0.2) is 0 Å². The van der Waals surface area contributed by atoms with Crippen molar-refractivity contribution in [3.63, 3.8) is 0 Å². The molecule has 0 aromatic rings. The zero-order chi connectivity index (χ0) is 55.7. The predicted molar refractivity (Wildman–Crippen MR) is 334 cm³/mol. The molecule has 6 nitrogen and oxygen atoms in total. The van der Waals surface area contributed by atoms with Gasteiger partial charge >= 0.3 is 17.9 Å². The second-order valence-electron chi connectivity index (χ2n) is 21.3. The third kappa shape index (κ3) is 62.8. The summed E-state index contributed by atoms with van der Waals surface area (Å²) in [6.07, 6.45) is 88.1. The van der Waals surface area contributed by atoms with E-state index in [2.05, 4.69) is 130 Å². The molecule has 0 aliphatic carbocycles. The number of carbonyl (C=O) groups excluding carboxylic acids is 3. The first-order valence-electron chi connectivity index (χ1n) is 32.4. The van der Waals surface area contributed by atoms with Gasteiger partial charge in [0.2, 0.25) is 0 Å². The molecule has 440 valence electrons. The van der Waals surface area contributed by atoms with Crippen LogP contribution in [-0.2, 0) is 28.6 Å². The standard InChI is InChI=1S/C71H120O6/c1-4-7-10-13-16-19-22-24-26-27-28-29-30-31-32-33-34-35-36-37-38-39-40-41-42-43-45-46-49-52-55-58-61-64-70(73)76-67-68(66-75-69(72)63-60-57-54-51-48-21-18-15-12-9-6-3)77-71(74)65-62-59-56-53-50-47-44-25-23-20-17-14-11-8-5-2/h7,10,16,19,24-26,28-29,31-32,34-35,37-38,40-41,44,68H,4-6,8-9,11-15,17-18,20-23,27,30,33,36,39,42-43,45-67H2,1-3H3/b10-7-,19-16-,26-24-,29-28-,32-31-,35-34-,38-37-,41-40-,44-25-. The van der Waals surface area contributed by atoms with Crippen molar-refractivity contribution in [1.82, 2.24) is 0 Å². The maximum Gasteiger partial charge on any atom is 0.306 e. The van der Waals surface area contributed by atoms with Crippen LogP contribution in [0.25, 0.3) is 0 Å². The molecule has 0 spiro atoms. The van der Waals surface area contributed by atoms with Crippen LogP contribution in [0.1, 0.15) is 303 Å². The van der Waals surface area contributed by atoms with E-state index in [-0.39, 0.29) is 31.1 Å². The van der Waals surface area contributed by atoms with Gasteiger partial charge in [0.25, 0.3) is 0 Å². The van der Waals surface area contributed by atoms with Crippen LogP contribution in [0.3, 0.4) is 0 Å². The predicted octanol–water partition coefficient (Wildman–Crippen LogP) is 22.2. The van der Waals surface area contributed by atoms with E-state index in [9.17, 15) is 14.4 Å². The van der Waals surface area contributed by atoms with E-state index in [0.29, 0.717) is 19.3 Å². The first-order chi connectivity index (χ1) is 38.0. The lowest BCUT2D eigenvalue weighted by Gasteiger charge is -2.18. The Bertz CT molecular complexity index is 1560. The Morgan fingerprint density at radius 2 is 0.506 bits per heavy atom. The molecule has 0 saturated carbocycles. The van der Waals surface area contributed by atoms with Crippen LogP contribution in [0.4, 0.5) is 0 Å². The average Bonchev–Trinajstić information content (AvgIpc) is 3.43. The van der Waals surface area contributed by atoms with E-state index in [4.69, 9.17) is 14.2 Å². The van der Waals surface area contributed by atoms with Crippen molar-refractivity contribution in [2.45, 2.75) is 309 Å². The van der Waals surface area contributed by atoms with Crippen molar-refractivity contribution >= 4 is 17.9 Å². The lowest BCUT2D eigenvalue weighted by Crippen LogP contribution is -2.30. The monoisotopic (exact) mass is 1070 g/mol. The smallest absolute Gasteiger partial charge is 0.306 e. The molecule has 6 heteroatoms. The number of allylic oxidation sites excluding steroid dienone is 18. The normalized spacial score (nSPS) is 12.8. The van der Waals surface area contributed by atoms with Crippen molar-refractivity contribution in [3.05, 3.63) is 109 Å². The SMILES string of the molecule is CC/C=C\C/C=C\C/C=C\C/C=C\C/C=C\C/C=C\C/C=C\C/C=C\CCCCCCCCCCC(=O)OCC(COC(=O)CCCCCCCCCCCCC)OC(=O)CCCCCCC/C=C\CCCCCCCC. The first-order valence-corrected chi connectivity index (χ1v) is 32.4. The minimum atomic E-state index is -0.784. The quantitative estimate of drug-likeness (QED) is 0.0261. The van der Waals surface area contributed by atoms with E-state index in [1.54, 1.807) is 0 Å². The molecule has 0 rings (SSSR count). The average molecular weight is 1070 g/mol. The number of unbranched alkanes of at least 4 members (excludes halogenated alkanes) is 29. The summed E-state index contributed by atoms with van der Waals surface area (Å²) < 4.78 is 16.9. The van der Waals surface area contributed by atoms with Crippen molar-refractivity contribution < 1.29 is 28.6 Å². The van der Waals surface area contributed by atoms with Gasteiger partial charge in [-0.2, -0.15) is 0 Å². The summed E-state index contributed by atoms with van der Waals surface area (Å²) in [4.78, 5) is 38.2. The molecule has 0 radical (unpaired) electrons. The number of esters is 3. The Morgan fingerprint density at radius 3 is 0.805 bits per heavy atom. The van der Waals surface area contributed by atoms with Gasteiger partial charge in [-0.1, -0.05) is 284 Å². The molecule has 0 bridgehead atoms. The summed E-state index contributed by atoms with van der Waals surface area (Å²) in [6.45, 7) is 6.52. The van der Waals surface area contributed by atoms with Crippen molar-refractivity contribution in [2.24, 2.45) is 0 Å². The van der Waals surface area contributed by atoms with Crippen LogP contribution in [0, 0.1) is 0 Å². The number of rotatable bonds is 58. The first kappa shape index (κ1) is 73.1. The summed E-state index contributed by atoms with van der Waals surface area (Å²) in [6, 6.07) is 0. The van der Waals surface area contributed by atoms with Crippen LogP contribution in [0.5, 0.6) is 0 Å². The molecule has 0 aliphatic heterocycles. The molecular weight excluding hydrogens is 949 g/mol. The zero-order valence-corrected chi connectivity index (χ0v) is 50.4. The summed E-state index contributed by atoms with van der Waals surface area (Å²) in [7, 11) is 0. The fourth-order valence-corrected chi connectivity index (χ4v) is 8.92. The molecule has 0 aromatic heterocycles. The van der Waals surface area contributed by atoms with Crippen LogP contribution < -0.4 is 0 Å². The maximum atomic E-state index is 12.9. The molecule has 0 heterocycles. The summed E-state index contributed by atoms with van der Waals surface area (Å²) in [5.41, 5.74) is 0. The largest absolute Gasteiger partial charge is 0.462 e. The number of ether oxygens (including phenoxy) is 3. The Labute approximate surface area is 476 Å². The minimum absolute atomic E-state index is 0.0811. The minimum Gasteiger partial charge on any atom is -0.462 e. The molecule has 77 heavy (non-hydrogen) atoms. The van der Waals surface area contributed by atoms with Crippen molar-refractivity contribution in [1.29, 1.82) is 0 Å².